The van der Waals surface area contributed by atoms with Crippen LogP contribution >= 0.6 is 0 Å². The van der Waals surface area contributed by atoms with Crippen LogP contribution < -0.4 is 10.5 Å². The fourth-order valence-corrected chi connectivity index (χ4v) is 0.981. The molecule has 0 spiro atoms. The van der Waals surface area contributed by atoms with E-state index in [2.05, 4.69) is 6.58 Å². The minimum absolute atomic E-state index is 0.204. The molecular formula is C12H15NO3. The molecule has 0 saturated carbocycles. The third kappa shape index (κ3) is 4.04. The average Bonchev–Trinajstić information content (AvgIpc) is 2.26. The van der Waals surface area contributed by atoms with Gasteiger partial charge in [0.2, 0.25) is 0 Å². The summed E-state index contributed by atoms with van der Waals surface area (Å²) in [5.41, 5.74) is 6.58. The largest absolute Gasteiger partial charge is 0.490 e. The minimum Gasteiger partial charge on any atom is -0.490 e. The Kier molecular flexibility index (Phi) is 4.39. The number of ether oxygens (including phenoxy) is 2. The lowest BCUT2D eigenvalue weighted by atomic mass is 10.3. The van der Waals surface area contributed by atoms with Crippen molar-refractivity contribution in [1.82, 2.24) is 0 Å². The number of carbonyl (C=O) groups is 1. The molecule has 0 amide bonds. The Bertz CT molecular complexity index is 370. The van der Waals surface area contributed by atoms with Crippen LogP contribution in [0.2, 0.25) is 0 Å². The van der Waals surface area contributed by atoms with Gasteiger partial charge in [0.1, 0.15) is 19.0 Å². The van der Waals surface area contributed by atoms with Crippen molar-refractivity contribution in [2.45, 2.75) is 6.92 Å². The van der Waals surface area contributed by atoms with Crippen molar-refractivity contribution in [3.8, 4) is 5.75 Å². The van der Waals surface area contributed by atoms with Crippen LogP contribution in [0.1, 0.15) is 6.92 Å². The summed E-state index contributed by atoms with van der Waals surface area (Å²) in [5.74, 6) is 0.293. The maximum Gasteiger partial charge on any atom is 0.333 e. The van der Waals surface area contributed by atoms with Crippen molar-refractivity contribution >= 4 is 11.7 Å². The van der Waals surface area contributed by atoms with Gasteiger partial charge in [-0.1, -0.05) is 6.58 Å². The van der Waals surface area contributed by atoms with E-state index < -0.39 is 5.97 Å². The standard InChI is InChI=1S/C12H15NO3/c1-9(2)12(14)16-8-7-15-11-5-3-10(13)4-6-11/h3-6H,1,7-8,13H2,2H3. The molecule has 0 aromatic heterocycles. The molecule has 0 aliphatic heterocycles. The van der Waals surface area contributed by atoms with Gasteiger partial charge < -0.3 is 15.2 Å². The van der Waals surface area contributed by atoms with Gasteiger partial charge >= 0.3 is 5.97 Å². The van der Waals surface area contributed by atoms with Crippen LogP contribution in [0.25, 0.3) is 0 Å². The molecular weight excluding hydrogens is 206 g/mol. The molecule has 0 atom stereocenters. The van der Waals surface area contributed by atoms with Gasteiger partial charge in [0.15, 0.2) is 0 Å². The predicted octanol–water partition coefficient (Wildman–Crippen LogP) is 1.77. The number of rotatable bonds is 5. The Balaban J connectivity index is 2.23. The third-order valence-corrected chi connectivity index (χ3v) is 1.81. The molecule has 16 heavy (non-hydrogen) atoms. The summed E-state index contributed by atoms with van der Waals surface area (Å²) in [7, 11) is 0. The SMILES string of the molecule is C=C(C)C(=O)OCCOc1ccc(N)cc1. The summed E-state index contributed by atoms with van der Waals surface area (Å²) < 4.78 is 10.2. The molecule has 0 aliphatic rings. The molecule has 0 radical (unpaired) electrons. The molecule has 0 aliphatic carbocycles. The number of carbonyl (C=O) groups excluding carboxylic acids is 1. The maximum absolute atomic E-state index is 11.0. The van der Waals surface area contributed by atoms with Gasteiger partial charge in [-0.3, -0.25) is 0 Å². The van der Waals surface area contributed by atoms with Crippen LogP contribution in [-0.4, -0.2) is 19.2 Å². The van der Waals surface area contributed by atoms with Crippen molar-refractivity contribution in [3.63, 3.8) is 0 Å². The van der Waals surface area contributed by atoms with Crippen molar-refractivity contribution < 1.29 is 14.3 Å². The van der Waals surface area contributed by atoms with Crippen LogP contribution in [-0.2, 0) is 9.53 Å². The van der Waals surface area contributed by atoms with E-state index in [0.29, 0.717) is 23.6 Å². The van der Waals surface area contributed by atoms with Crippen LogP contribution in [0.5, 0.6) is 5.75 Å². The van der Waals surface area contributed by atoms with Crippen LogP contribution in [0, 0.1) is 0 Å². The summed E-state index contributed by atoms with van der Waals surface area (Å²) in [6, 6.07) is 7.01. The number of hydrogen-bond acceptors (Lipinski definition) is 4. The smallest absolute Gasteiger partial charge is 0.333 e. The zero-order chi connectivity index (χ0) is 12.0. The second-order valence-corrected chi connectivity index (χ2v) is 3.33. The van der Waals surface area contributed by atoms with Crippen LogP contribution in [0.4, 0.5) is 5.69 Å². The van der Waals surface area contributed by atoms with Gasteiger partial charge in [-0.15, -0.1) is 0 Å². The first-order valence-electron chi connectivity index (χ1n) is 4.90. The highest BCUT2D eigenvalue weighted by atomic mass is 16.6. The first-order chi connectivity index (χ1) is 7.59. The molecule has 1 aromatic rings. The van der Waals surface area contributed by atoms with E-state index in [1.807, 2.05) is 0 Å². The number of nitrogen functional groups attached to an aromatic ring is 1. The lowest BCUT2D eigenvalue weighted by molar-refractivity contribution is -0.139. The normalized spacial score (nSPS) is 9.56. The van der Waals surface area contributed by atoms with Crippen LogP contribution in [0.3, 0.4) is 0 Å². The zero-order valence-corrected chi connectivity index (χ0v) is 9.23. The first kappa shape index (κ1) is 12.1. The molecule has 2 N–H and O–H groups in total. The predicted molar refractivity (Wildman–Crippen MR) is 62.1 cm³/mol. The topological polar surface area (TPSA) is 61.5 Å². The first-order valence-corrected chi connectivity index (χ1v) is 4.90. The number of anilines is 1. The van der Waals surface area contributed by atoms with E-state index in [1.54, 1.807) is 31.2 Å². The Hall–Kier alpha value is -1.97. The molecule has 1 aromatic carbocycles. The Morgan fingerprint density at radius 2 is 1.94 bits per heavy atom. The van der Waals surface area contributed by atoms with Crippen molar-refractivity contribution in [2.75, 3.05) is 18.9 Å². The highest BCUT2D eigenvalue weighted by Crippen LogP contribution is 2.12. The summed E-state index contributed by atoms with van der Waals surface area (Å²) in [6.45, 7) is 5.59. The number of nitrogens with two attached hydrogens (primary N) is 1. The number of hydrogen-bond donors (Lipinski definition) is 1. The zero-order valence-electron chi connectivity index (χ0n) is 9.23. The molecule has 4 nitrogen and oxygen atoms in total. The monoisotopic (exact) mass is 221 g/mol. The van der Waals surface area contributed by atoms with Crippen molar-refractivity contribution in [1.29, 1.82) is 0 Å². The van der Waals surface area contributed by atoms with Gasteiger partial charge in [0.05, 0.1) is 0 Å². The highest BCUT2D eigenvalue weighted by molar-refractivity contribution is 5.86. The van der Waals surface area contributed by atoms with E-state index in [1.165, 1.54) is 0 Å². The van der Waals surface area contributed by atoms with E-state index in [-0.39, 0.29) is 6.61 Å². The molecule has 0 fully saturated rings. The quantitative estimate of drug-likeness (QED) is 0.356. The van der Waals surface area contributed by atoms with Gasteiger partial charge in [-0.2, -0.15) is 0 Å². The minimum atomic E-state index is -0.402. The average molecular weight is 221 g/mol. The summed E-state index contributed by atoms with van der Waals surface area (Å²) in [6.07, 6.45) is 0. The maximum atomic E-state index is 11.0. The van der Waals surface area contributed by atoms with Crippen LogP contribution in [0.15, 0.2) is 36.4 Å². The lowest BCUT2D eigenvalue weighted by Gasteiger charge is -2.07. The Morgan fingerprint density at radius 3 is 2.50 bits per heavy atom. The number of benzene rings is 1. The Labute approximate surface area is 94.7 Å². The van der Waals surface area contributed by atoms with Gasteiger partial charge in [0.25, 0.3) is 0 Å². The molecule has 0 heterocycles. The molecule has 0 bridgehead atoms. The lowest BCUT2D eigenvalue weighted by Crippen LogP contribution is -2.12. The molecule has 0 unspecified atom stereocenters. The highest BCUT2D eigenvalue weighted by Gasteiger charge is 2.02. The molecule has 86 valence electrons. The third-order valence-electron chi connectivity index (χ3n) is 1.81. The molecule has 4 heteroatoms. The van der Waals surface area contributed by atoms with E-state index in [0.717, 1.165) is 0 Å². The van der Waals surface area contributed by atoms with Gasteiger partial charge in [-0.05, 0) is 31.2 Å². The van der Waals surface area contributed by atoms with E-state index in [9.17, 15) is 4.79 Å². The summed E-state index contributed by atoms with van der Waals surface area (Å²) in [5, 5.41) is 0. The molecule has 1 rings (SSSR count). The van der Waals surface area contributed by atoms with Gasteiger partial charge in [0, 0.05) is 11.3 Å². The fraction of sp³-hybridized carbons (Fsp3) is 0.250. The molecule has 0 saturated heterocycles. The Morgan fingerprint density at radius 1 is 1.31 bits per heavy atom. The van der Waals surface area contributed by atoms with Crippen molar-refractivity contribution in [3.05, 3.63) is 36.4 Å². The second-order valence-electron chi connectivity index (χ2n) is 3.33. The van der Waals surface area contributed by atoms with Gasteiger partial charge in [-0.25, -0.2) is 4.79 Å². The van der Waals surface area contributed by atoms with E-state index in [4.69, 9.17) is 15.2 Å². The van der Waals surface area contributed by atoms with Crippen molar-refractivity contribution in [2.24, 2.45) is 0 Å². The summed E-state index contributed by atoms with van der Waals surface area (Å²) >= 11 is 0. The second kappa shape index (κ2) is 5.80. The number of esters is 1. The fourth-order valence-electron chi connectivity index (χ4n) is 0.981. The summed E-state index contributed by atoms with van der Waals surface area (Å²) in [4.78, 5) is 11.0. The van der Waals surface area contributed by atoms with E-state index >= 15 is 0 Å².